The van der Waals surface area contributed by atoms with Crippen molar-refractivity contribution in [3.05, 3.63) is 85.1 Å². The van der Waals surface area contributed by atoms with E-state index in [9.17, 15) is 39.8 Å². The molecule has 0 amide bonds. The van der Waals surface area contributed by atoms with Crippen molar-refractivity contribution in [2.24, 2.45) is 0 Å². The van der Waals surface area contributed by atoms with Gasteiger partial charge in [-0.2, -0.15) is 0 Å². The van der Waals surface area contributed by atoms with Crippen LogP contribution in [0.3, 0.4) is 0 Å². The molecule has 0 bridgehead atoms. The maximum Gasteiger partial charge on any atom is 0.472 e. The summed E-state index contributed by atoms with van der Waals surface area (Å²) in [6.07, 6.45) is 38.1. The highest BCUT2D eigenvalue weighted by molar-refractivity contribution is 7.47. The van der Waals surface area contributed by atoms with E-state index in [4.69, 9.17) is 18.5 Å². The van der Waals surface area contributed by atoms with Crippen LogP contribution < -0.4 is 0 Å². The minimum absolute atomic E-state index is 0.139. The van der Waals surface area contributed by atoms with Crippen molar-refractivity contribution in [2.45, 2.75) is 191 Å². The molecule has 0 spiro atoms. The molecule has 12 nitrogen and oxygen atoms in total. The number of phosphoric acid groups is 1. The van der Waals surface area contributed by atoms with E-state index in [1.807, 2.05) is 12.2 Å². The Morgan fingerprint density at radius 1 is 0.541 bits per heavy atom. The molecular weight excluding hydrogens is 799 g/mol. The molecule has 6 unspecified atom stereocenters. The lowest BCUT2D eigenvalue weighted by atomic mass is 9.85. The quantitative estimate of drug-likeness (QED) is 0.0150. The second kappa shape index (κ2) is 38.0. The number of unbranched alkanes of at least 4 members (excludes halogenated alkanes) is 11. The van der Waals surface area contributed by atoms with Crippen LogP contribution in [-0.2, 0) is 27.9 Å². The number of hydrogen-bond donors (Lipinski definition) is 6. The van der Waals surface area contributed by atoms with Gasteiger partial charge in [0.15, 0.2) is 0 Å². The third-order valence-electron chi connectivity index (χ3n) is 10.0. The summed E-state index contributed by atoms with van der Waals surface area (Å²) >= 11 is 0. The van der Waals surface area contributed by atoms with Crippen molar-refractivity contribution in [3.8, 4) is 0 Å². The molecule has 1 saturated carbocycles. The highest BCUT2D eigenvalue weighted by atomic mass is 31.2. The Hall–Kier alpha value is -2.48. The predicted octanol–water partition coefficient (Wildman–Crippen LogP) is 9.36. The van der Waals surface area contributed by atoms with Crippen molar-refractivity contribution in [3.63, 3.8) is 0 Å². The van der Waals surface area contributed by atoms with E-state index in [1.54, 1.807) is 0 Å². The number of aliphatic hydroxyl groups is 5. The normalized spacial score (nSPS) is 23.0. The second-order valence-electron chi connectivity index (χ2n) is 15.5. The van der Waals surface area contributed by atoms with Crippen molar-refractivity contribution < 1.29 is 58.3 Å². The van der Waals surface area contributed by atoms with E-state index in [-0.39, 0.29) is 19.6 Å². The molecule has 1 rings (SSSR count). The molecule has 0 aliphatic heterocycles. The van der Waals surface area contributed by atoms with Crippen LogP contribution in [0.2, 0.25) is 0 Å². The summed E-state index contributed by atoms with van der Waals surface area (Å²) in [6, 6.07) is 0. The standard InChI is InChI=1S/C48H81O12P/c1-3-5-7-9-11-13-15-17-19-21-22-23-25-27-29-31-33-35-37-42(49)59-41(40-58-61(55,56)60-48-46(53)44(51)43(50)45(52)47(48)54)39-57-38-36-34-32-30-28-26-24-20-18-16-14-12-10-8-6-4-2/h6,8,12-15,18-21,26,28,32,34,41,43-48,50-54H,3-5,7,9-11,16-17,22-25,27,29-31,33,35-40H2,1-2H3,(H,55,56)/b8-6-,14-12-,15-13-,20-18-,21-19-,28-26-,34-32-. The number of carbonyl (C=O) groups is 1. The van der Waals surface area contributed by atoms with Gasteiger partial charge in [0, 0.05) is 6.42 Å². The first-order valence-corrected chi connectivity index (χ1v) is 24.4. The first-order valence-electron chi connectivity index (χ1n) is 22.9. The van der Waals surface area contributed by atoms with E-state index in [0.717, 1.165) is 77.0 Å². The fraction of sp³-hybridized carbons (Fsp3) is 0.688. The molecule has 0 aromatic heterocycles. The first kappa shape index (κ1) is 56.5. The highest BCUT2D eigenvalue weighted by Crippen LogP contribution is 2.47. The van der Waals surface area contributed by atoms with E-state index >= 15 is 0 Å². The van der Waals surface area contributed by atoms with E-state index in [2.05, 4.69) is 86.8 Å². The van der Waals surface area contributed by atoms with Crippen LogP contribution in [0.15, 0.2) is 85.1 Å². The molecule has 13 heteroatoms. The number of esters is 1. The zero-order valence-electron chi connectivity index (χ0n) is 37.2. The van der Waals surface area contributed by atoms with Gasteiger partial charge in [-0.1, -0.05) is 150 Å². The fourth-order valence-corrected chi connectivity index (χ4v) is 7.36. The van der Waals surface area contributed by atoms with Gasteiger partial charge in [0.2, 0.25) is 0 Å². The Kier molecular flexibility index (Phi) is 35.2. The second-order valence-corrected chi connectivity index (χ2v) is 16.9. The van der Waals surface area contributed by atoms with E-state index < -0.39 is 63.1 Å². The molecule has 1 fully saturated rings. The van der Waals surface area contributed by atoms with Crippen LogP contribution in [0.25, 0.3) is 0 Å². The van der Waals surface area contributed by atoms with Crippen molar-refractivity contribution in [2.75, 3.05) is 19.8 Å². The van der Waals surface area contributed by atoms with Gasteiger partial charge < -0.3 is 39.9 Å². The largest absolute Gasteiger partial charge is 0.472 e. The Bertz CT molecular complexity index is 1330. The third kappa shape index (κ3) is 30.3. The SMILES string of the molecule is CC/C=C\C/C=C\C/C=C\C/C=C\C/C=C\CCOCC(COP(=O)(O)OC1C(O)C(O)C(O)C(O)C1O)OC(=O)CCCCCCCCC/C=C\C/C=C\CCCCCC. The zero-order valence-corrected chi connectivity index (χ0v) is 38.1. The number of phosphoric ester groups is 1. The first-order chi connectivity index (χ1) is 29.5. The molecular formula is C48H81O12P. The molecule has 6 N–H and O–H groups in total. The maximum absolute atomic E-state index is 12.8. The average Bonchev–Trinajstić information content (AvgIpc) is 3.24. The van der Waals surface area contributed by atoms with Gasteiger partial charge in [-0.25, -0.2) is 4.57 Å². The summed E-state index contributed by atoms with van der Waals surface area (Å²) in [5, 5.41) is 50.2. The van der Waals surface area contributed by atoms with Gasteiger partial charge in [-0.3, -0.25) is 13.8 Å². The Balaban J connectivity index is 2.46. The van der Waals surface area contributed by atoms with Gasteiger partial charge in [-0.15, -0.1) is 0 Å². The molecule has 1 aliphatic carbocycles. The van der Waals surface area contributed by atoms with Gasteiger partial charge in [0.25, 0.3) is 0 Å². The van der Waals surface area contributed by atoms with Crippen LogP contribution in [0.5, 0.6) is 0 Å². The molecule has 61 heavy (non-hydrogen) atoms. The molecule has 6 atom stereocenters. The summed E-state index contributed by atoms with van der Waals surface area (Å²) in [4.78, 5) is 23.1. The van der Waals surface area contributed by atoms with Gasteiger partial charge in [-0.05, 0) is 77.0 Å². The summed E-state index contributed by atoms with van der Waals surface area (Å²) in [6.45, 7) is 3.89. The molecule has 0 radical (unpaired) electrons. The van der Waals surface area contributed by atoms with Crippen LogP contribution in [0.1, 0.15) is 149 Å². The Labute approximate surface area is 367 Å². The van der Waals surface area contributed by atoms with Crippen LogP contribution in [0.4, 0.5) is 0 Å². The van der Waals surface area contributed by atoms with E-state index in [0.29, 0.717) is 12.8 Å². The number of ether oxygens (including phenoxy) is 2. The maximum atomic E-state index is 12.8. The molecule has 0 aromatic rings. The van der Waals surface area contributed by atoms with Gasteiger partial charge in [0.05, 0.1) is 19.8 Å². The predicted molar refractivity (Wildman–Crippen MR) is 244 cm³/mol. The third-order valence-corrected chi connectivity index (χ3v) is 11.0. The molecule has 0 aromatic carbocycles. The topological polar surface area (TPSA) is 192 Å². The smallest absolute Gasteiger partial charge is 0.457 e. The monoisotopic (exact) mass is 881 g/mol. The zero-order chi connectivity index (χ0) is 44.8. The van der Waals surface area contributed by atoms with E-state index in [1.165, 1.54) is 38.5 Å². The summed E-state index contributed by atoms with van der Waals surface area (Å²) in [5.74, 6) is -0.514. The van der Waals surface area contributed by atoms with Crippen LogP contribution >= 0.6 is 7.82 Å². The highest BCUT2D eigenvalue weighted by Gasteiger charge is 2.51. The van der Waals surface area contributed by atoms with Crippen molar-refractivity contribution >= 4 is 13.8 Å². The molecule has 0 heterocycles. The lowest BCUT2D eigenvalue weighted by molar-refractivity contribution is -0.220. The van der Waals surface area contributed by atoms with Crippen LogP contribution in [0, 0.1) is 0 Å². The Morgan fingerprint density at radius 3 is 1.48 bits per heavy atom. The Morgan fingerprint density at radius 2 is 0.967 bits per heavy atom. The molecule has 350 valence electrons. The van der Waals surface area contributed by atoms with Crippen molar-refractivity contribution in [1.82, 2.24) is 0 Å². The lowest BCUT2D eigenvalue weighted by Gasteiger charge is -2.41. The number of aliphatic hydroxyl groups excluding tert-OH is 5. The minimum atomic E-state index is -5.04. The summed E-state index contributed by atoms with van der Waals surface area (Å²) in [7, 11) is -5.04. The lowest BCUT2D eigenvalue weighted by Crippen LogP contribution is -2.64. The van der Waals surface area contributed by atoms with Gasteiger partial charge >= 0.3 is 13.8 Å². The van der Waals surface area contributed by atoms with Gasteiger partial charge in [0.1, 0.15) is 42.7 Å². The summed E-state index contributed by atoms with van der Waals surface area (Å²) in [5.41, 5.74) is 0. The molecule has 1 aliphatic rings. The number of carbonyl (C=O) groups excluding carboxylic acids is 1. The summed E-state index contributed by atoms with van der Waals surface area (Å²) < 4.78 is 34.0. The number of hydrogen-bond acceptors (Lipinski definition) is 11. The minimum Gasteiger partial charge on any atom is -0.457 e. The van der Waals surface area contributed by atoms with Crippen molar-refractivity contribution in [1.29, 1.82) is 0 Å². The fourth-order valence-electron chi connectivity index (χ4n) is 6.39. The average molecular weight is 881 g/mol. The number of allylic oxidation sites excluding steroid dienone is 13. The molecule has 0 saturated heterocycles. The van der Waals surface area contributed by atoms with Crippen LogP contribution in [-0.4, -0.2) is 98.9 Å². The number of rotatable bonds is 37.